The van der Waals surface area contributed by atoms with Gasteiger partial charge in [0.2, 0.25) is 10.0 Å². The van der Waals surface area contributed by atoms with Crippen molar-refractivity contribution in [3.8, 4) is 0 Å². The van der Waals surface area contributed by atoms with Gasteiger partial charge in [-0.15, -0.1) is 35.3 Å². The average molecular weight is 559 g/mol. The van der Waals surface area contributed by atoms with Crippen molar-refractivity contribution in [2.45, 2.75) is 24.3 Å². The minimum Gasteiger partial charge on any atom is -0.386 e. The van der Waals surface area contributed by atoms with Crippen LogP contribution in [0, 0.1) is 0 Å². The van der Waals surface area contributed by atoms with Crippen LogP contribution < -0.4 is 15.8 Å². The number of guanidine groups is 1. The molecule has 0 spiro atoms. The highest BCUT2D eigenvalue weighted by atomic mass is 127. The molecule has 0 fully saturated rings. The maximum absolute atomic E-state index is 11.3. The van der Waals surface area contributed by atoms with E-state index >= 15 is 0 Å². The second kappa shape index (κ2) is 11.9. The normalized spacial score (nSPS) is 12.9. The third-order valence-corrected chi connectivity index (χ3v) is 5.91. The van der Waals surface area contributed by atoms with Gasteiger partial charge < -0.3 is 15.7 Å². The van der Waals surface area contributed by atoms with Crippen LogP contribution in [0.2, 0.25) is 4.34 Å². The number of aliphatic imine (C=N–C) groups is 1. The van der Waals surface area contributed by atoms with E-state index in [4.69, 9.17) is 16.7 Å². The smallest absolute Gasteiger partial charge is 0.238 e. The zero-order valence-corrected chi connectivity index (χ0v) is 20.0. The molecule has 1 unspecified atom stereocenters. The Labute approximate surface area is 191 Å². The number of aliphatic hydroxyl groups is 1. The van der Waals surface area contributed by atoms with Gasteiger partial charge in [0, 0.05) is 18.0 Å². The van der Waals surface area contributed by atoms with E-state index in [1.165, 1.54) is 23.5 Å². The number of primary sulfonamides is 1. The first-order valence-corrected chi connectivity index (χ1v) is 11.1. The Bertz CT molecular complexity index is 873. The second-order valence-electron chi connectivity index (χ2n) is 5.74. The molecule has 0 amide bonds. The average Bonchev–Trinajstić information content (AvgIpc) is 3.05. The number of aliphatic hydroxyl groups excluding tert-OH is 1. The van der Waals surface area contributed by atoms with Crippen LogP contribution in [-0.2, 0) is 16.4 Å². The number of hydrogen-bond donors (Lipinski definition) is 4. The lowest BCUT2D eigenvalue weighted by atomic mass is 10.1. The molecule has 0 bridgehead atoms. The number of nitrogens with one attached hydrogen (secondary N) is 2. The molecule has 156 valence electrons. The molecule has 7 nitrogen and oxygen atoms in total. The third-order valence-electron chi connectivity index (χ3n) is 3.65. The van der Waals surface area contributed by atoms with E-state index in [1.54, 1.807) is 24.3 Å². The molecule has 11 heteroatoms. The lowest BCUT2D eigenvalue weighted by Crippen LogP contribution is -2.38. The minimum absolute atomic E-state index is 0. The van der Waals surface area contributed by atoms with Crippen molar-refractivity contribution in [3.63, 3.8) is 0 Å². The SMILES string of the molecule is CCNC(=NCC(O)c1ccc(Cl)s1)NCCc1ccc(S(N)(=O)=O)cc1.I. The molecule has 0 aliphatic carbocycles. The number of nitrogens with two attached hydrogens (primary N) is 1. The van der Waals surface area contributed by atoms with Crippen LogP contribution in [0.3, 0.4) is 0 Å². The van der Waals surface area contributed by atoms with Gasteiger partial charge in [-0.25, -0.2) is 13.6 Å². The van der Waals surface area contributed by atoms with Crippen molar-refractivity contribution < 1.29 is 13.5 Å². The molecule has 0 saturated heterocycles. The number of hydrogen-bond acceptors (Lipinski definition) is 5. The Hall–Kier alpha value is -0.920. The predicted molar refractivity (Wildman–Crippen MR) is 125 cm³/mol. The van der Waals surface area contributed by atoms with Gasteiger partial charge in [0.15, 0.2) is 5.96 Å². The molecule has 5 N–H and O–H groups in total. The standard InChI is InChI=1S/C17H23ClN4O3S2.HI/c1-2-20-17(22-11-14(23)15-7-8-16(18)26-15)21-10-9-12-3-5-13(6-4-12)27(19,24)25;/h3-8,14,23H,2,9-11H2,1H3,(H2,19,24,25)(H2,20,21,22);1H. The van der Waals surface area contributed by atoms with Crippen LogP contribution in [0.4, 0.5) is 0 Å². The number of rotatable bonds is 8. The van der Waals surface area contributed by atoms with Gasteiger partial charge in [0.05, 0.1) is 15.8 Å². The van der Waals surface area contributed by atoms with Crippen molar-refractivity contribution in [2.24, 2.45) is 10.1 Å². The van der Waals surface area contributed by atoms with Crippen LogP contribution in [0.1, 0.15) is 23.5 Å². The molecule has 1 aromatic carbocycles. The number of benzene rings is 1. The summed E-state index contributed by atoms with van der Waals surface area (Å²) in [6, 6.07) is 9.99. The van der Waals surface area contributed by atoms with Gasteiger partial charge in [-0.05, 0) is 43.2 Å². The molecule has 0 radical (unpaired) electrons. The topological polar surface area (TPSA) is 117 Å². The number of thiophene rings is 1. The van der Waals surface area contributed by atoms with E-state index in [9.17, 15) is 13.5 Å². The first-order valence-electron chi connectivity index (χ1n) is 8.37. The van der Waals surface area contributed by atoms with Crippen LogP contribution in [0.15, 0.2) is 46.3 Å². The van der Waals surface area contributed by atoms with Crippen LogP contribution in [0.25, 0.3) is 0 Å². The minimum atomic E-state index is -3.67. The maximum atomic E-state index is 11.3. The molecule has 1 heterocycles. The fraction of sp³-hybridized carbons (Fsp3) is 0.353. The van der Waals surface area contributed by atoms with Gasteiger partial charge in [0.1, 0.15) is 6.10 Å². The Morgan fingerprint density at radius 1 is 1.25 bits per heavy atom. The molecule has 1 aromatic heterocycles. The summed E-state index contributed by atoms with van der Waals surface area (Å²) < 4.78 is 23.2. The number of nitrogens with zero attached hydrogens (tertiary/aromatic N) is 1. The van der Waals surface area contributed by atoms with Crippen molar-refractivity contribution in [1.82, 2.24) is 10.6 Å². The molecule has 0 aliphatic heterocycles. The van der Waals surface area contributed by atoms with Gasteiger partial charge in [-0.3, -0.25) is 4.99 Å². The van der Waals surface area contributed by atoms with E-state index in [0.29, 0.717) is 29.8 Å². The van der Waals surface area contributed by atoms with Crippen LogP contribution >= 0.6 is 46.9 Å². The molecule has 2 aromatic rings. The quantitative estimate of drug-likeness (QED) is 0.226. The highest BCUT2D eigenvalue weighted by Crippen LogP contribution is 2.26. The monoisotopic (exact) mass is 558 g/mol. The fourth-order valence-corrected chi connectivity index (χ4v) is 3.84. The highest BCUT2D eigenvalue weighted by molar-refractivity contribution is 14.0. The van der Waals surface area contributed by atoms with E-state index in [1.807, 2.05) is 6.92 Å². The van der Waals surface area contributed by atoms with Gasteiger partial charge in [0.25, 0.3) is 0 Å². The summed E-state index contributed by atoms with van der Waals surface area (Å²) in [5.74, 6) is 0.598. The molecule has 0 aliphatic rings. The molecule has 2 rings (SSSR count). The van der Waals surface area contributed by atoms with E-state index in [-0.39, 0.29) is 35.4 Å². The Balaban J connectivity index is 0.00000392. The molecular formula is C17H24ClIN4O3S2. The summed E-state index contributed by atoms with van der Waals surface area (Å²) in [6.45, 7) is 3.46. The number of sulfonamides is 1. The molecular weight excluding hydrogens is 535 g/mol. The third kappa shape index (κ3) is 8.21. The number of halogens is 2. The van der Waals surface area contributed by atoms with Crippen molar-refractivity contribution in [3.05, 3.63) is 51.2 Å². The first-order chi connectivity index (χ1) is 12.8. The van der Waals surface area contributed by atoms with Gasteiger partial charge >= 0.3 is 0 Å². The summed E-state index contributed by atoms with van der Waals surface area (Å²) in [6.07, 6.45) is -0.0259. The summed E-state index contributed by atoms with van der Waals surface area (Å²) in [7, 11) is -3.67. The van der Waals surface area contributed by atoms with E-state index < -0.39 is 16.1 Å². The molecule has 0 saturated carbocycles. The van der Waals surface area contributed by atoms with Crippen molar-refractivity contribution >= 4 is 62.9 Å². The predicted octanol–water partition coefficient (Wildman–Crippen LogP) is 2.50. The second-order valence-corrected chi connectivity index (χ2v) is 9.05. The maximum Gasteiger partial charge on any atom is 0.238 e. The summed E-state index contributed by atoms with van der Waals surface area (Å²) in [5, 5.41) is 21.6. The largest absolute Gasteiger partial charge is 0.386 e. The summed E-state index contributed by atoms with van der Waals surface area (Å²) in [5.41, 5.74) is 0.971. The van der Waals surface area contributed by atoms with Gasteiger partial charge in [-0.2, -0.15) is 0 Å². The van der Waals surface area contributed by atoms with Crippen LogP contribution in [0.5, 0.6) is 0 Å². The Morgan fingerprint density at radius 2 is 1.93 bits per heavy atom. The lowest BCUT2D eigenvalue weighted by Gasteiger charge is -2.13. The van der Waals surface area contributed by atoms with Crippen molar-refractivity contribution in [1.29, 1.82) is 0 Å². The summed E-state index contributed by atoms with van der Waals surface area (Å²) in [4.78, 5) is 5.26. The highest BCUT2D eigenvalue weighted by Gasteiger charge is 2.10. The van der Waals surface area contributed by atoms with Gasteiger partial charge in [-0.1, -0.05) is 23.7 Å². The Morgan fingerprint density at radius 3 is 2.46 bits per heavy atom. The van der Waals surface area contributed by atoms with Crippen molar-refractivity contribution in [2.75, 3.05) is 19.6 Å². The fourth-order valence-electron chi connectivity index (χ4n) is 2.29. The van der Waals surface area contributed by atoms with E-state index in [2.05, 4.69) is 15.6 Å². The zero-order chi connectivity index (χ0) is 19.9. The summed E-state index contributed by atoms with van der Waals surface area (Å²) >= 11 is 7.22. The van der Waals surface area contributed by atoms with Crippen LogP contribution in [-0.4, -0.2) is 39.1 Å². The lowest BCUT2D eigenvalue weighted by molar-refractivity contribution is 0.191. The van der Waals surface area contributed by atoms with E-state index in [0.717, 1.165) is 10.4 Å². The zero-order valence-electron chi connectivity index (χ0n) is 15.3. The molecule has 1 atom stereocenters. The first kappa shape index (κ1) is 25.1. The molecule has 28 heavy (non-hydrogen) atoms. The Kier molecular flexibility index (Phi) is 10.7.